The zero-order valence-corrected chi connectivity index (χ0v) is 13.0. The Morgan fingerprint density at radius 3 is 2.61 bits per heavy atom. The molecule has 10 nitrogen and oxygen atoms in total. The Morgan fingerprint density at radius 2 is 2.09 bits per heavy atom. The molecular formula is C13H19N5O5. The van der Waals surface area contributed by atoms with Crippen LogP contribution in [0.3, 0.4) is 0 Å². The Bertz CT molecular complexity index is 600. The number of rotatable bonds is 5. The molecule has 0 aromatic rings. The van der Waals surface area contributed by atoms with Gasteiger partial charge < -0.3 is 20.6 Å². The predicted molar refractivity (Wildman–Crippen MR) is 82.3 cm³/mol. The minimum Gasteiger partial charge on any atom is -0.444 e. The minimum absolute atomic E-state index is 0.219. The molecule has 0 radical (unpaired) electrons. The molecule has 23 heavy (non-hydrogen) atoms. The van der Waals surface area contributed by atoms with E-state index < -0.39 is 28.0 Å². The van der Waals surface area contributed by atoms with Crippen molar-refractivity contribution in [2.75, 3.05) is 13.1 Å². The van der Waals surface area contributed by atoms with Crippen LogP contribution in [-0.4, -0.2) is 46.3 Å². The number of oxime groups is 1. The maximum atomic E-state index is 11.4. The molecule has 0 fully saturated rings. The minimum atomic E-state index is -0.735. The summed E-state index contributed by atoms with van der Waals surface area (Å²) in [6, 6.07) is 0. The molecule has 0 unspecified atom stereocenters. The predicted octanol–water partition coefficient (Wildman–Crippen LogP) is 1.01. The second-order valence-corrected chi connectivity index (χ2v) is 5.57. The van der Waals surface area contributed by atoms with Crippen molar-refractivity contribution >= 4 is 17.5 Å². The van der Waals surface area contributed by atoms with Crippen molar-refractivity contribution < 1.29 is 19.7 Å². The largest absolute Gasteiger partial charge is 0.444 e. The van der Waals surface area contributed by atoms with Crippen LogP contribution in [0.1, 0.15) is 20.8 Å². The van der Waals surface area contributed by atoms with Gasteiger partial charge in [0.05, 0.1) is 10.6 Å². The standard InChI is InChI=1S/C13H19N5O5/c1-13(2,3)23-12(19)16-7-6-15-8-4-5-9(18(21)22)11(17-20)10(8)14/h4-5,14-15,20H,6-7H2,1-3H3,(H,16,19)/b14-10?,17-11-. The van der Waals surface area contributed by atoms with Crippen LogP contribution in [0, 0.1) is 15.5 Å². The van der Waals surface area contributed by atoms with Gasteiger partial charge in [-0.05, 0) is 26.8 Å². The van der Waals surface area contributed by atoms with Gasteiger partial charge in [-0.25, -0.2) is 4.79 Å². The number of carbonyl (C=O) groups excluding carboxylic acids is 1. The van der Waals surface area contributed by atoms with E-state index >= 15 is 0 Å². The van der Waals surface area contributed by atoms with Crippen molar-refractivity contribution in [1.29, 1.82) is 5.41 Å². The quantitative estimate of drug-likeness (QED) is 0.195. The second kappa shape index (κ2) is 7.38. The molecule has 0 bridgehead atoms. The summed E-state index contributed by atoms with van der Waals surface area (Å²) in [5.74, 6) is 0. The normalized spacial score (nSPS) is 16.5. The van der Waals surface area contributed by atoms with Crippen LogP contribution in [0.2, 0.25) is 0 Å². The van der Waals surface area contributed by atoms with Gasteiger partial charge in [-0.1, -0.05) is 5.16 Å². The number of allylic oxidation sites excluding steroid dienone is 4. The fourth-order valence-electron chi connectivity index (χ4n) is 1.65. The van der Waals surface area contributed by atoms with Crippen molar-refractivity contribution in [2.45, 2.75) is 26.4 Å². The van der Waals surface area contributed by atoms with Gasteiger partial charge >= 0.3 is 11.8 Å². The molecule has 0 aromatic carbocycles. The number of nitro groups is 1. The fraction of sp³-hybridized carbons (Fsp3) is 0.462. The summed E-state index contributed by atoms with van der Waals surface area (Å²) in [5, 5.41) is 35.5. The highest BCUT2D eigenvalue weighted by Gasteiger charge is 2.29. The van der Waals surface area contributed by atoms with Gasteiger partial charge in [0, 0.05) is 19.2 Å². The number of hydrogen-bond acceptors (Lipinski definition) is 8. The van der Waals surface area contributed by atoms with Crippen LogP contribution in [-0.2, 0) is 4.74 Å². The Morgan fingerprint density at radius 1 is 1.43 bits per heavy atom. The summed E-state index contributed by atoms with van der Waals surface area (Å²) < 4.78 is 5.05. The van der Waals surface area contributed by atoms with Gasteiger partial charge in [0.25, 0.3) is 0 Å². The molecule has 0 spiro atoms. The van der Waals surface area contributed by atoms with Crippen molar-refractivity contribution in [3.05, 3.63) is 33.7 Å². The number of hydrogen-bond donors (Lipinski definition) is 4. The van der Waals surface area contributed by atoms with Crippen molar-refractivity contribution in [2.24, 2.45) is 5.16 Å². The van der Waals surface area contributed by atoms with E-state index in [1.54, 1.807) is 20.8 Å². The lowest BCUT2D eigenvalue weighted by molar-refractivity contribution is -0.414. The van der Waals surface area contributed by atoms with E-state index in [0.29, 0.717) is 0 Å². The molecule has 0 heterocycles. The van der Waals surface area contributed by atoms with E-state index in [-0.39, 0.29) is 24.5 Å². The smallest absolute Gasteiger partial charge is 0.407 e. The molecule has 1 amide bonds. The molecule has 1 aliphatic rings. The molecule has 0 aromatic heterocycles. The molecule has 0 atom stereocenters. The molecule has 126 valence electrons. The molecule has 10 heteroatoms. The number of alkyl carbamates (subject to hydrolysis) is 1. The Kier molecular flexibility index (Phi) is 5.82. The van der Waals surface area contributed by atoms with E-state index in [9.17, 15) is 14.9 Å². The number of ether oxygens (including phenoxy) is 1. The van der Waals surface area contributed by atoms with Crippen molar-refractivity contribution in [3.63, 3.8) is 0 Å². The first-order valence-electron chi connectivity index (χ1n) is 6.74. The summed E-state index contributed by atoms with van der Waals surface area (Å²) in [7, 11) is 0. The molecule has 0 saturated heterocycles. The lowest BCUT2D eigenvalue weighted by Gasteiger charge is -2.20. The monoisotopic (exact) mass is 325 g/mol. The lowest BCUT2D eigenvalue weighted by atomic mass is 10.0. The number of carbonyl (C=O) groups is 1. The summed E-state index contributed by atoms with van der Waals surface area (Å²) in [4.78, 5) is 21.5. The summed E-state index contributed by atoms with van der Waals surface area (Å²) in [6.45, 7) is 5.71. The number of amides is 1. The van der Waals surface area contributed by atoms with E-state index in [2.05, 4.69) is 15.8 Å². The van der Waals surface area contributed by atoms with Gasteiger partial charge in [-0.15, -0.1) is 0 Å². The topological polar surface area (TPSA) is 150 Å². The Hall–Kier alpha value is -2.91. The fourth-order valence-corrected chi connectivity index (χ4v) is 1.65. The van der Waals surface area contributed by atoms with E-state index in [4.69, 9.17) is 15.4 Å². The first-order valence-corrected chi connectivity index (χ1v) is 6.74. The third-order valence-electron chi connectivity index (χ3n) is 2.56. The zero-order valence-electron chi connectivity index (χ0n) is 13.0. The highest BCUT2D eigenvalue weighted by Crippen LogP contribution is 2.12. The number of nitrogens with one attached hydrogen (secondary N) is 3. The maximum absolute atomic E-state index is 11.4. The van der Waals surface area contributed by atoms with Crippen molar-refractivity contribution in [1.82, 2.24) is 10.6 Å². The summed E-state index contributed by atoms with van der Waals surface area (Å²) >= 11 is 0. The SMILES string of the molecule is CC(C)(C)OC(=O)NCCNC1=CC=C([N+](=O)[O-])/C(=N/O)C1=N. The zero-order chi connectivity index (χ0) is 17.6. The highest BCUT2D eigenvalue weighted by atomic mass is 16.6. The van der Waals surface area contributed by atoms with Crippen LogP contribution in [0.4, 0.5) is 4.79 Å². The highest BCUT2D eigenvalue weighted by molar-refractivity contribution is 6.52. The average Bonchev–Trinajstić information content (AvgIpc) is 2.42. The molecule has 1 aliphatic carbocycles. The average molecular weight is 325 g/mol. The van der Waals surface area contributed by atoms with Crippen LogP contribution in [0.5, 0.6) is 0 Å². The first-order chi connectivity index (χ1) is 10.7. The van der Waals surface area contributed by atoms with Crippen LogP contribution in [0.15, 0.2) is 28.7 Å². The third-order valence-corrected chi connectivity index (χ3v) is 2.56. The third kappa shape index (κ3) is 5.41. The van der Waals surface area contributed by atoms with Crippen molar-refractivity contribution in [3.8, 4) is 0 Å². The van der Waals surface area contributed by atoms with Crippen LogP contribution >= 0.6 is 0 Å². The molecule has 1 rings (SSSR count). The van der Waals surface area contributed by atoms with Gasteiger partial charge in [-0.3, -0.25) is 15.5 Å². The van der Waals surface area contributed by atoms with Gasteiger partial charge in [0.1, 0.15) is 11.3 Å². The van der Waals surface area contributed by atoms with E-state index in [1.165, 1.54) is 6.08 Å². The van der Waals surface area contributed by atoms with E-state index in [1.807, 2.05) is 0 Å². The summed E-state index contributed by atoms with van der Waals surface area (Å²) in [5.41, 5.74) is -1.55. The molecule has 0 saturated carbocycles. The molecule has 4 N–H and O–H groups in total. The Balaban J connectivity index is 2.54. The maximum Gasteiger partial charge on any atom is 0.407 e. The van der Waals surface area contributed by atoms with Gasteiger partial charge in [0.2, 0.25) is 5.71 Å². The summed E-state index contributed by atoms with van der Waals surface area (Å²) in [6.07, 6.45) is 1.90. The Labute approximate surface area is 132 Å². The van der Waals surface area contributed by atoms with Gasteiger partial charge in [-0.2, -0.15) is 0 Å². The van der Waals surface area contributed by atoms with Gasteiger partial charge in [0.15, 0.2) is 0 Å². The molecular weight excluding hydrogens is 306 g/mol. The van der Waals surface area contributed by atoms with Crippen LogP contribution < -0.4 is 10.6 Å². The first kappa shape index (κ1) is 18.1. The lowest BCUT2D eigenvalue weighted by Crippen LogP contribution is -2.38. The van der Waals surface area contributed by atoms with E-state index in [0.717, 1.165) is 6.08 Å². The molecule has 0 aliphatic heterocycles. The van der Waals surface area contributed by atoms with Crippen LogP contribution in [0.25, 0.3) is 0 Å². The second-order valence-electron chi connectivity index (χ2n) is 5.57. The number of nitrogens with zero attached hydrogens (tertiary/aromatic N) is 2.